The van der Waals surface area contributed by atoms with Crippen LogP contribution in [-0.4, -0.2) is 8.42 Å². The summed E-state index contributed by atoms with van der Waals surface area (Å²) in [6.07, 6.45) is 0. The van der Waals surface area contributed by atoms with Crippen molar-refractivity contribution < 1.29 is 17.5 Å². The lowest BCUT2D eigenvalue weighted by atomic mass is 10.2. The summed E-state index contributed by atoms with van der Waals surface area (Å²) in [5.74, 6) is 0.100. The van der Waals surface area contributed by atoms with Gasteiger partial charge in [-0.15, -0.1) is 0 Å². The van der Waals surface area contributed by atoms with Gasteiger partial charge in [-0.05, 0) is 42.8 Å². The van der Waals surface area contributed by atoms with Crippen LogP contribution in [0.4, 0.5) is 4.39 Å². The topological polar surface area (TPSA) is 43.4 Å². The van der Waals surface area contributed by atoms with Crippen molar-refractivity contribution in [1.29, 1.82) is 0 Å². The first-order chi connectivity index (χ1) is 9.77. The van der Waals surface area contributed by atoms with Gasteiger partial charge in [-0.3, -0.25) is 0 Å². The molecule has 0 saturated heterocycles. The van der Waals surface area contributed by atoms with Gasteiger partial charge in [-0.2, -0.15) is 0 Å². The van der Waals surface area contributed by atoms with Gasteiger partial charge in [0.2, 0.25) is 0 Å². The number of ether oxygens (including phenoxy) is 1. The van der Waals surface area contributed by atoms with Crippen molar-refractivity contribution in [2.45, 2.75) is 18.4 Å². The van der Waals surface area contributed by atoms with Gasteiger partial charge < -0.3 is 4.74 Å². The Morgan fingerprint density at radius 3 is 2.52 bits per heavy atom. The molecule has 2 aromatic carbocycles. The molecule has 0 spiro atoms. The fourth-order valence-corrected chi connectivity index (χ4v) is 2.90. The lowest BCUT2D eigenvalue weighted by Crippen LogP contribution is -2.00. The van der Waals surface area contributed by atoms with E-state index in [0.29, 0.717) is 21.3 Å². The van der Waals surface area contributed by atoms with Crippen molar-refractivity contribution >= 4 is 35.7 Å². The predicted molar refractivity (Wildman–Crippen MR) is 82.6 cm³/mol. The maximum atomic E-state index is 13.7. The van der Waals surface area contributed by atoms with E-state index in [2.05, 4.69) is 15.9 Å². The Kier molecular flexibility index (Phi) is 4.91. The highest BCUT2D eigenvalue weighted by molar-refractivity contribution is 9.10. The Hall–Kier alpha value is -1.11. The van der Waals surface area contributed by atoms with E-state index in [0.717, 1.165) is 0 Å². The first-order valence-corrected chi connectivity index (χ1v) is 8.99. The van der Waals surface area contributed by atoms with Gasteiger partial charge in [0.05, 0.1) is 4.90 Å². The van der Waals surface area contributed by atoms with Crippen LogP contribution in [0.3, 0.4) is 0 Å². The zero-order valence-corrected chi connectivity index (χ0v) is 14.1. The minimum absolute atomic E-state index is 0.00355. The third-order valence-electron chi connectivity index (χ3n) is 2.83. The molecule has 0 atom stereocenters. The molecule has 7 heteroatoms. The predicted octanol–water partition coefficient (Wildman–Crippen LogP) is 4.40. The number of benzene rings is 2. The van der Waals surface area contributed by atoms with Gasteiger partial charge in [0.1, 0.15) is 18.2 Å². The molecule has 0 amide bonds. The van der Waals surface area contributed by atoms with Gasteiger partial charge in [0.15, 0.2) is 0 Å². The maximum absolute atomic E-state index is 13.7. The van der Waals surface area contributed by atoms with E-state index in [-0.39, 0.29) is 17.3 Å². The lowest BCUT2D eigenvalue weighted by molar-refractivity contribution is 0.297. The van der Waals surface area contributed by atoms with E-state index in [1.165, 1.54) is 24.3 Å². The number of hydrogen-bond acceptors (Lipinski definition) is 3. The zero-order chi connectivity index (χ0) is 15.6. The molecule has 0 aromatic heterocycles. The van der Waals surface area contributed by atoms with Gasteiger partial charge >= 0.3 is 0 Å². The second kappa shape index (κ2) is 6.34. The second-order valence-electron chi connectivity index (χ2n) is 4.39. The fourth-order valence-electron chi connectivity index (χ4n) is 1.73. The monoisotopic (exact) mass is 392 g/mol. The molecule has 2 aromatic rings. The zero-order valence-electron chi connectivity index (χ0n) is 10.9. The van der Waals surface area contributed by atoms with E-state index in [9.17, 15) is 12.8 Å². The first-order valence-electron chi connectivity index (χ1n) is 5.89. The highest BCUT2D eigenvalue weighted by Gasteiger charge is 2.12. The van der Waals surface area contributed by atoms with Crippen LogP contribution in [0.2, 0.25) is 0 Å². The van der Waals surface area contributed by atoms with Crippen LogP contribution < -0.4 is 4.74 Å². The van der Waals surface area contributed by atoms with Crippen molar-refractivity contribution in [2.24, 2.45) is 0 Å². The number of hydrogen-bond donors (Lipinski definition) is 0. The Balaban J connectivity index is 2.17. The molecule has 0 heterocycles. The number of rotatable bonds is 4. The van der Waals surface area contributed by atoms with Crippen LogP contribution in [0.1, 0.15) is 11.1 Å². The number of aryl methyl sites for hydroxylation is 1. The van der Waals surface area contributed by atoms with Crippen molar-refractivity contribution in [2.75, 3.05) is 0 Å². The third-order valence-corrected chi connectivity index (χ3v) is 4.67. The molecule has 0 N–H and O–H groups in total. The van der Waals surface area contributed by atoms with Crippen LogP contribution in [0.15, 0.2) is 45.8 Å². The molecule has 3 nitrogen and oxygen atoms in total. The summed E-state index contributed by atoms with van der Waals surface area (Å²) < 4.78 is 42.3. The van der Waals surface area contributed by atoms with Gasteiger partial charge in [-0.25, -0.2) is 12.8 Å². The smallest absolute Gasteiger partial charge is 0.261 e. The van der Waals surface area contributed by atoms with Crippen molar-refractivity contribution in [3.05, 3.63) is 57.8 Å². The van der Waals surface area contributed by atoms with Crippen molar-refractivity contribution in [3.8, 4) is 5.75 Å². The Bertz CT molecular complexity index is 778. The first kappa shape index (κ1) is 16.3. The van der Waals surface area contributed by atoms with Crippen LogP contribution in [0, 0.1) is 12.7 Å². The van der Waals surface area contributed by atoms with E-state index < -0.39 is 9.05 Å². The summed E-state index contributed by atoms with van der Waals surface area (Å²) in [5, 5.41) is 0. The Morgan fingerprint density at radius 2 is 1.95 bits per heavy atom. The summed E-state index contributed by atoms with van der Waals surface area (Å²) in [7, 11) is 1.50. The minimum atomic E-state index is -3.77. The molecule has 0 unspecified atom stereocenters. The average molecular weight is 394 g/mol. The van der Waals surface area contributed by atoms with Gasteiger partial charge in [0.25, 0.3) is 9.05 Å². The molecule has 0 aliphatic rings. The van der Waals surface area contributed by atoms with Crippen molar-refractivity contribution in [1.82, 2.24) is 0 Å². The quantitative estimate of drug-likeness (QED) is 0.723. The van der Waals surface area contributed by atoms with Crippen LogP contribution in [-0.2, 0) is 15.7 Å². The molecule has 0 bridgehead atoms. The number of halogens is 3. The van der Waals surface area contributed by atoms with Gasteiger partial charge in [0, 0.05) is 20.7 Å². The van der Waals surface area contributed by atoms with Crippen LogP contribution >= 0.6 is 26.6 Å². The minimum Gasteiger partial charge on any atom is -0.489 e. The summed E-state index contributed by atoms with van der Waals surface area (Å²) in [5.41, 5.74) is 1.01. The Labute approximate surface area is 135 Å². The highest BCUT2D eigenvalue weighted by Crippen LogP contribution is 2.25. The van der Waals surface area contributed by atoms with Crippen LogP contribution in [0.5, 0.6) is 5.75 Å². The summed E-state index contributed by atoms with van der Waals surface area (Å²) in [6, 6.07) is 8.96. The van der Waals surface area contributed by atoms with Crippen molar-refractivity contribution in [3.63, 3.8) is 0 Å². The van der Waals surface area contributed by atoms with E-state index in [1.807, 2.05) is 0 Å². The average Bonchev–Trinajstić information content (AvgIpc) is 2.38. The highest BCUT2D eigenvalue weighted by atomic mass is 79.9. The fraction of sp³-hybridized carbons (Fsp3) is 0.143. The molecule has 0 radical (unpaired) electrons. The molecular formula is C14H11BrClFO3S. The Morgan fingerprint density at radius 1 is 1.24 bits per heavy atom. The van der Waals surface area contributed by atoms with Crippen LogP contribution in [0.25, 0.3) is 0 Å². The molecular weight excluding hydrogens is 383 g/mol. The van der Waals surface area contributed by atoms with E-state index in [4.69, 9.17) is 15.4 Å². The van der Waals surface area contributed by atoms with E-state index >= 15 is 0 Å². The standard InChI is InChI=1S/C14H11BrClFO3S/c1-9-6-12(21(16,18)19)4-5-14(9)20-8-10-2-3-11(15)7-13(10)17/h2-7H,8H2,1H3. The van der Waals surface area contributed by atoms with E-state index in [1.54, 1.807) is 19.1 Å². The maximum Gasteiger partial charge on any atom is 0.261 e. The van der Waals surface area contributed by atoms with Gasteiger partial charge in [-0.1, -0.05) is 22.0 Å². The third kappa shape index (κ3) is 4.18. The SMILES string of the molecule is Cc1cc(S(=O)(=O)Cl)ccc1OCc1ccc(Br)cc1F. The largest absolute Gasteiger partial charge is 0.489 e. The molecule has 0 saturated carbocycles. The summed E-state index contributed by atoms with van der Waals surface area (Å²) >= 11 is 3.18. The second-order valence-corrected chi connectivity index (χ2v) is 7.87. The normalized spacial score (nSPS) is 11.4. The molecule has 0 aliphatic carbocycles. The summed E-state index contributed by atoms with van der Waals surface area (Å²) in [6.45, 7) is 1.74. The molecule has 112 valence electrons. The molecule has 0 fully saturated rings. The molecule has 0 aliphatic heterocycles. The summed E-state index contributed by atoms with van der Waals surface area (Å²) in [4.78, 5) is 0.00355. The molecule has 2 rings (SSSR count). The lowest BCUT2D eigenvalue weighted by Gasteiger charge is -2.10. The molecule has 21 heavy (non-hydrogen) atoms.